The number of sulfonamides is 1. The van der Waals surface area contributed by atoms with Crippen molar-refractivity contribution < 1.29 is 22.3 Å². The number of ether oxygens (including phenoxy) is 1. The van der Waals surface area contributed by atoms with Gasteiger partial charge in [0.15, 0.2) is 0 Å². The second-order valence-corrected chi connectivity index (χ2v) is 7.08. The summed E-state index contributed by atoms with van der Waals surface area (Å²) in [6, 6.07) is 3.45. The van der Waals surface area contributed by atoms with Gasteiger partial charge in [0, 0.05) is 13.2 Å². The second kappa shape index (κ2) is 8.95. The molecule has 0 aliphatic carbocycles. The number of hydrogen-bond acceptors (Lipinski definition) is 4. The van der Waals surface area contributed by atoms with E-state index in [-0.39, 0.29) is 11.0 Å². The van der Waals surface area contributed by atoms with Crippen LogP contribution in [0.2, 0.25) is 0 Å². The largest absolute Gasteiger partial charge is 0.379 e. The summed E-state index contributed by atoms with van der Waals surface area (Å²) in [5.74, 6) is -0.960. The van der Waals surface area contributed by atoms with Crippen LogP contribution in [-0.4, -0.2) is 39.6 Å². The summed E-state index contributed by atoms with van der Waals surface area (Å²) in [7, 11) is -3.87. The Bertz CT molecular complexity index is 602. The highest BCUT2D eigenvalue weighted by Gasteiger charge is 2.21. The van der Waals surface area contributed by atoms with Crippen LogP contribution in [0.25, 0.3) is 0 Å². The van der Waals surface area contributed by atoms with Crippen molar-refractivity contribution in [3.05, 3.63) is 30.1 Å². The second-order valence-electron chi connectivity index (χ2n) is 5.36. The molecular formula is C15H23FN2O4S. The first kappa shape index (κ1) is 19.5. The summed E-state index contributed by atoms with van der Waals surface area (Å²) >= 11 is 0. The average Bonchev–Trinajstić information content (AvgIpc) is 2.46. The summed E-state index contributed by atoms with van der Waals surface area (Å²) in [4.78, 5) is 11.8. The fourth-order valence-electron chi connectivity index (χ4n) is 1.72. The van der Waals surface area contributed by atoms with Crippen molar-refractivity contribution in [3.63, 3.8) is 0 Å². The molecule has 1 aromatic rings. The van der Waals surface area contributed by atoms with Crippen LogP contribution >= 0.6 is 0 Å². The molecule has 0 heterocycles. The smallest absolute Gasteiger partial charge is 0.241 e. The molecule has 0 saturated heterocycles. The maximum Gasteiger partial charge on any atom is 0.241 e. The first-order valence-corrected chi connectivity index (χ1v) is 8.88. The van der Waals surface area contributed by atoms with Gasteiger partial charge in [0.2, 0.25) is 15.9 Å². The van der Waals surface area contributed by atoms with E-state index in [2.05, 4.69) is 10.0 Å². The molecule has 0 saturated carbocycles. The Balaban J connectivity index is 2.46. The first-order valence-electron chi connectivity index (χ1n) is 7.39. The number of amides is 1. The highest BCUT2D eigenvalue weighted by Crippen LogP contribution is 2.10. The Morgan fingerprint density at radius 1 is 1.22 bits per heavy atom. The first-order chi connectivity index (χ1) is 10.7. The molecule has 0 spiro atoms. The zero-order valence-corrected chi connectivity index (χ0v) is 14.3. The lowest BCUT2D eigenvalue weighted by Gasteiger charge is -2.15. The Morgan fingerprint density at radius 3 is 2.39 bits per heavy atom. The molecule has 2 N–H and O–H groups in total. The predicted octanol–water partition coefficient (Wildman–Crippen LogP) is 1.42. The molecule has 0 aromatic heterocycles. The fourth-order valence-corrected chi connectivity index (χ4v) is 2.93. The molecule has 6 nitrogen and oxygen atoms in total. The van der Waals surface area contributed by atoms with Gasteiger partial charge in [-0.15, -0.1) is 0 Å². The average molecular weight is 346 g/mol. The SMILES string of the molecule is CC(C)OCCCNC(=O)[C@@H](C)NS(=O)(=O)c1ccc(F)cc1. The minimum absolute atomic E-state index is 0.0936. The highest BCUT2D eigenvalue weighted by molar-refractivity contribution is 7.89. The van der Waals surface area contributed by atoms with E-state index >= 15 is 0 Å². The van der Waals surface area contributed by atoms with Crippen LogP contribution in [0.15, 0.2) is 29.2 Å². The summed E-state index contributed by atoms with van der Waals surface area (Å²) in [5, 5.41) is 2.63. The molecule has 8 heteroatoms. The zero-order chi connectivity index (χ0) is 17.5. The van der Waals surface area contributed by atoms with Crippen molar-refractivity contribution in [1.29, 1.82) is 0 Å². The van der Waals surface area contributed by atoms with Crippen LogP contribution < -0.4 is 10.0 Å². The van der Waals surface area contributed by atoms with Crippen LogP contribution in [0, 0.1) is 5.82 Å². The van der Waals surface area contributed by atoms with Crippen LogP contribution in [0.5, 0.6) is 0 Å². The molecule has 1 rings (SSSR count). The number of carbonyl (C=O) groups is 1. The summed E-state index contributed by atoms with van der Waals surface area (Å²) in [5.41, 5.74) is 0. The van der Waals surface area contributed by atoms with E-state index < -0.39 is 27.8 Å². The fraction of sp³-hybridized carbons (Fsp3) is 0.533. The number of benzene rings is 1. The molecule has 23 heavy (non-hydrogen) atoms. The maximum atomic E-state index is 12.8. The monoisotopic (exact) mass is 346 g/mol. The van der Waals surface area contributed by atoms with E-state index in [1.807, 2.05) is 13.8 Å². The minimum atomic E-state index is -3.87. The standard InChI is InChI=1S/C15H23FN2O4S/c1-11(2)22-10-4-9-17-15(19)12(3)18-23(20,21)14-7-5-13(16)6-8-14/h5-8,11-12,18H,4,9-10H2,1-3H3,(H,17,19)/t12-/m1/s1. The van der Waals surface area contributed by atoms with E-state index in [4.69, 9.17) is 4.74 Å². The van der Waals surface area contributed by atoms with Crippen molar-refractivity contribution in [2.45, 2.75) is 44.2 Å². The minimum Gasteiger partial charge on any atom is -0.379 e. The van der Waals surface area contributed by atoms with Crippen LogP contribution in [-0.2, 0) is 19.6 Å². The van der Waals surface area contributed by atoms with E-state index in [9.17, 15) is 17.6 Å². The lowest BCUT2D eigenvalue weighted by molar-refractivity contribution is -0.122. The maximum absolute atomic E-state index is 12.8. The molecule has 0 aliphatic rings. The van der Waals surface area contributed by atoms with Crippen molar-refractivity contribution in [1.82, 2.24) is 10.0 Å². The molecule has 1 atom stereocenters. The third kappa shape index (κ3) is 7.06. The summed E-state index contributed by atoms with van der Waals surface area (Å²) in [6.45, 7) is 6.21. The van der Waals surface area contributed by atoms with Crippen LogP contribution in [0.3, 0.4) is 0 Å². The zero-order valence-electron chi connectivity index (χ0n) is 13.5. The van der Waals surface area contributed by atoms with Gasteiger partial charge in [0.25, 0.3) is 0 Å². The molecule has 1 amide bonds. The van der Waals surface area contributed by atoms with Crippen molar-refractivity contribution in [2.75, 3.05) is 13.2 Å². The van der Waals surface area contributed by atoms with Gasteiger partial charge in [-0.2, -0.15) is 4.72 Å². The van der Waals surface area contributed by atoms with Crippen LogP contribution in [0.1, 0.15) is 27.2 Å². The van der Waals surface area contributed by atoms with Gasteiger partial charge in [0.05, 0.1) is 17.0 Å². The normalized spacial score (nSPS) is 13.1. The molecule has 0 aliphatic heterocycles. The number of rotatable bonds is 9. The molecular weight excluding hydrogens is 323 g/mol. The van der Waals surface area contributed by atoms with Gasteiger partial charge >= 0.3 is 0 Å². The van der Waals surface area contributed by atoms with E-state index in [0.717, 1.165) is 24.3 Å². The third-order valence-corrected chi connectivity index (χ3v) is 4.48. The van der Waals surface area contributed by atoms with Crippen molar-refractivity contribution in [2.24, 2.45) is 0 Å². The predicted molar refractivity (Wildman–Crippen MR) is 84.9 cm³/mol. The van der Waals surface area contributed by atoms with Gasteiger partial charge in [-0.1, -0.05) is 0 Å². The number of nitrogens with one attached hydrogen (secondary N) is 2. The lowest BCUT2D eigenvalue weighted by atomic mass is 10.3. The number of carbonyl (C=O) groups excluding carboxylic acids is 1. The van der Waals surface area contributed by atoms with E-state index in [1.54, 1.807) is 0 Å². The summed E-state index contributed by atoms with van der Waals surface area (Å²) in [6.07, 6.45) is 0.772. The van der Waals surface area contributed by atoms with E-state index in [1.165, 1.54) is 6.92 Å². The Morgan fingerprint density at radius 2 is 1.83 bits per heavy atom. The van der Waals surface area contributed by atoms with Gasteiger partial charge in [-0.3, -0.25) is 4.79 Å². The lowest BCUT2D eigenvalue weighted by Crippen LogP contribution is -2.45. The van der Waals surface area contributed by atoms with Gasteiger partial charge in [-0.25, -0.2) is 12.8 Å². The van der Waals surface area contributed by atoms with Crippen LogP contribution in [0.4, 0.5) is 4.39 Å². The topological polar surface area (TPSA) is 84.5 Å². The van der Waals surface area contributed by atoms with Gasteiger partial charge in [0.1, 0.15) is 5.82 Å². The van der Waals surface area contributed by atoms with Crippen molar-refractivity contribution >= 4 is 15.9 Å². The molecule has 0 unspecified atom stereocenters. The Hall–Kier alpha value is -1.51. The van der Waals surface area contributed by atoms with Gasteiger partial charge < -0.3 is 10.1 Å². The Kier molecular flexibility index (Phi) is 7.60. The molecule has 0 bridgehead atoms. The molecule has 130 valence electrons. The Labute approximate surface area is 136 Å². The quantitative estimate of drug-likeness (QED) is 0.663. The molecule has 1 aromatic carbocycles. The molecule has 0 fully saturated rings. The van der Waals surface area contributed by atoms with Gasteiger partial charge in [-0.05, 0) is 51.5 Å². The number of halogens is 1. The highest BCUT2D eigenvalue weighted by atomic mass is 32.2. The number of hydrogen-bond donors (Lipinski definition) is 2. The molecule has 0 radical (unpaired) electrons. The summed E-state index contributed by atoms with van der Waals surface area (Å²) < 4.78 is 44.6. The van der Waals surface area contributed by atoms with E-state index in [0.29, 0.717) is 19.6 Å². The van der Waals surface area contributed by atoms with Crippen molar-refractivity contribution in [3.8, 4) is 0 Å². The third-order valence-electron chi connectivity index (χ3n) is 2.92.